The number of piperazine rings is 1. The molecule has 0 unspecified atom stereocenters. The number of hydrogen-bond acceptors (Lipinski definition) is 4. The zero-order valence-electron chi connectivity index (χ0n) is 11.9. The van der Waals surface area contributed by atoms with Crippen molar-refractivity contribution < 1.29 is 4.52 Å². The van der Waals surface area contributed by atoms with Crippen LogP contribution in [0, 0.1) is 0 Å². The van der Waals surface area contributed by atoms with Gasteiger partial charge < -0.3 is 9.84 Å². The van der Waals surface area contributed by atoms with E-state index < -0.39 is 0 Å². The topological polar surface area (TPSA) is 41.3 Å². The van der Waals surface area contributed by atoms with Crippen molar-refractivity contribution in [1.29, 1.82) is 0 Å². The maximum atomic E-state index is 5.47. The maximum absolute atomic E-state index is 5.47. The molecule has 2 aromatic rings. The largest absolute Gasteiger partial charge is 0.359 e. The fourth-order valence-electron chi connectivity index (χ4n) is 2.52. The summed E-state index contributed by atoms with van der Waals surface area (Å²) in [6.07, 6.45) is 1.06. The van der Waals surface area contributed by atoms with Gasteiger partial charge in [-0.25, -0.2) is 0 Å². The third-order valence-corrected chi connectivity index (χ3v) is 3.81. The number of aromatic nitrogens is 1. The molecular formula is C16H21N3O. The molecule has 1 aliphatic heterocycles. The first kappa shape index (κ1) is 13.3. The van der Waals surface area contributed by atoms with E-state index in [1.807, 2.05) is 0 Å². The van der Waals surface area contributed by atoms with E-state index in [9.17, 15) is 0 Å². The van der Waals surface area contributed by atoms with Gasteiger partial charge in [0, 0.05) is 37.8 Å². The van der Waals surface area contributed by atoms with Crippen LogP contribution < -0.4 is 5.32 Å². The van der Waals surface area contributed by atoms with Gasteiger partial charge in [0.1, 0.15) is 5.69 Å². The van der Waals surface area contributed by atoms with Crippen LogP contribution in [0.15, 0.2) is 34.9 Å². The van der Waals surface area contributed by atoms with Crippen LogP contribution in [0.5, 0.6) is 0 Å². The lowest BCUT2D eigenvalue weighted by Gasteiger charge is -2.25. The van der Waals surface area contributed by atoms with Crippen LogP contribution in [0.25, 0.3) is 11.3 Å². The van der Waals surface area contributed by atoms with Gasteiger partial charge in [0.05, 0.1) is 6.54 Å². The van der Waals surface area contributed by atoms with Crippen molar-refractivity contribution in [1.82, 2.24) is 15.4 Å². The van der Waals surface area contributed by atoms with E-state index in [0.717, 1.165) is 56.2 Å². The minimum absolute atomic E-state index is 0.849. The Labute approximate surface area is 119 Å². The van der Waals surface area contributed by atoms with E-state index in [-0.39, 0.29) is 0 Å². The Bertz CT molecular complexity index is 541. The number of nitrogens with zero attached hydrogens (tertiary/aromatic N) is 2. The van der Waals surface area contributed by atoms with Gasteiger partial charge in [0.15, 0.2) is 5.76 Å². The zero-order valence-corrected chi connectivity index (χ0v) is 11.9. The average molecular weight is 271 g/mol. The maximum Gasteiger partial charge on any atom is 0.151 e. The highest BCUT2D eigenvalue weighted by Crippen LogP contribution is 2.20. The molecule has 1 aliphatic rings. The molecule has 1 aromatic heterocycles. The highest BCUT2D eigenvalue weighted by Gasteiger charge is 2.13. The zero-order chi connectivity index (χ0) is 13.8. The summed E-state index contributed by atoms with van der Waals surface area (Å²) in [5.74, 6) is 0.946. The second-order valence-electron chi connectivity index (χ2n) is 5.26. The molecule has 4 nitrogen and oxygen atoms in total. The minimum atomic E-state index is 0.849. The smallest absolute Gasteiger partial charge is 0.151 e. The Hall–Kier alpha value is -1.65. The Morgan fingerprint density at radius 3 is 2.65 bits per heavy atom. The van der Waals surface area contributed by atoms with Crippen molar-refractivity contribution >= 4 is 0 Å². The summed E-state index contributed by atoms with van der Waals surface area (Å²) in [6, 6.07) is 10.6. The van der Waals surface area contributed by atoms with E-state index in [0.29, 0.717) is 0 Å². The summed E-state index contributed by atoms with van der Waals surface area (Å²) >= 11 is 0. The van der Waals surface area contributed by atoms with Crippen molar-refractivity contribution in [3.63, 3.8) is 0 Å². The van der Waals surface area contributed by atoms with E-state index in [2.05, 4.69) is 52.6 Å². The lowest BCUT2D eigenvalue weighted by atomic mass is 10.1. The second-order valence-corrected chi connectivity index (χ2v) is 5.26. The van der Waals surface area contributed by atoms with Crippen molar-refractivity contribution in [3.8, 4) is 11.3 Å². The monoisotopic (exact) mass is 271 g/mol. The van der Waals surface area contributed by atoms with E-state index in [4.69, 9.17) is 4.52 Å². The quantitative estimate of drug-likeness (QED) is 0.926. The van der Waals surface area contributed by atoms with Crippen LogP contribution >= 0.6 is 0 Å². The number of aryl methyl sites for hydroxylation is 1. The number of hydrogen-bond donors (Lipinski definition) is 1. The molecule has 1 fully saturated rings. The summed E-state index contributed by atoms with van der Waals surface area (Å²) in [6.45, 7) is 7.26. The first-order valence-corrected chi connectivity index (χ1v) is 7.33. The highest BCUT2D eigenvalue weighted by atomic mass is 16.5. The molecule has 1 N–H and O–H groups in total. The molecule has 0 spiro atoms. The van der Waals surface area contributed by atoms with E-state index in [1.54, 1.807) is 0 Å². The summed E-state index contributed by atoms with van der Waals surface area (Å²) in [4.78, 5) is 2.39. The highest BCUT2D eigenvalue weighted by molar-refractivity contribution is 5.59. The normalized spacial score (nSPS) is 16.4. The fourth-order valence-corrected chi connectivity index (χ4v) is 2.52. The van der Waals surface area contributed by atoms with Crippen LogP contribution in [0.1, 0.15) is 18.2 Å². The third kappa shape index (κ3) is 3.08. The molecule has 0 amide bonds. The minimum Gasteiger partial charge on any atom is -0.359 e. The van der Waals surface area contributed by atoms with Gasteiger partial charge >= 0.3 is 0 Å². The molecule has 1 aromatic carbocycles. The molecule has 0 bridgehead atoms. The summed E-state index contributed by atoms with van der Waals surface area (Å²) < 4.78 is 5.47. The molecule has 2 heterocycles. The molecular weight excluding hydrogens is 250 g/mol. The number of benzene rings is 1. The van der Waals surface area contributed by atoms with Crippen molar-refractivity contribution in [2.75, 3.05) is 26.2 Å². The van der Waals surface area contributed by atoms with Gasteiger partial charge in [-0.05, 0) is 12.0 Å². The van der Waals surface area contributed by atoms with Gasteiger partial charge in [-0.2, -0.15) is 0 Å². The predicted octanol–water partition coefficient (Wildman–Crippen LogP) is 2.31. The third-order valence-electron chi connectivity index (χ3n) is 3.81. The van der Waals surface area contributed by atoms with Crippen molar-refractivity contribution in [2.24, 2.45) is 0 Å². The Kier molecular flexibility index (Phi) is 4.14. The predicted molar refractivity (Wildman–Crippen MR) is 79.5 cm³/mol. The summed E-state index contributed by atoms with van der Waals surface area (Å²) in [7, 11) is 0. The van der Waals surface area contributed by atoms with Gasteiger partial charge in [0.2, 0.25) is 0 Å². The van der Waals surface area contributed by atoms with Gasteiger partial charge in [-0.3, -0.25) is 4.90 Å². The molecule has 0 radical (unpaired) electrons. The first-order valence-electron chi connectivity index (χ1n) is 7.33. The molecule has 0 aliphatic carbocycles. The Balaban J connectivity index is 1.68. The molecule has 1 saturated heterocycles. The van der Waals surface area contributed by atoms with Crippen LogP contribution in [-0.4, -0.2) is 36.2 Å². The average Bonchev–Trinajstić information content (AvgIpc) is 2.97. The van der Waals surface area contributed by atoms with Gasteiger partial charge in [-0.15, -0.1) is 0 Å². The van der Waals surface area contributed by atoms with Crippen LogP contribution in [0.3, 0.4) is 0 Å². The Morgan fingerprint density at radius 1 is 1.20 bits per heavy atom. The summed E-state index contributed by atoms with van der Waals surface area (Å²) in [5, 5.41) is 7.54. The Morgan fingerprint density at radius 2 is 1.95 bits per heavy atom. The number of nitrogens with one attached hydrogen (secondary N) is 1. The molecule has 20 heavy (non-hydrogen) atoms. The van der Waals surface area contributed by atoms with Crippen LogP contribution in [-0.2, 0) is 13.0 Å². The standard InChI is InChI=1S/C16H21N3O/c1-2-13-3-5-14(6-4-13)16-11-15(20-18-16)12-19-9-7-17-8-10-19/h3-6,11,17H,2,7-10,12H2,1H3. The molecule has 4 heteroatoms. The molecule has 3 rings (SSSR count). The van der Waals surface area contributed by atoms with Gasteiger partial charge in [-0.1, -0.05) is 36.3 Å². The fraction of sp³-hybridized carbons (Fsp3) is 0.438. The molecule has 106 valence electrons. The van der Waals surface area contributed by atoms with E-state index >= 15 is 0 Å². The summed E-state index contributed by atoms with van der Waals surface area (Å²) in [5.41, 5.74) is 3.40. The van der Waals surface area contributed by atoms with Gasteiger partial charge in [0.25, 0.3) is 0 Å². The SMILES string of the molecule is CCc1ccc(-c2cc(CN3CCNCC3)on2)cc1. The van der Waals surface area contributed by atoms with Crippen molar-refractivity contribution in [2.45, 2.75) is 19.9 Å². The number of rotatable bonds is 4. The second kappa shape index (κ2) is 6.20. The lowest BCUT2D eigenvalue weighted by Crippen LogP contribution is -2.42. The first-order chi connectivity index (χ1) is 9.85. The van der Waals surface area contributed by atoms with Crippen molar-refractivity contribution in [3.05, 3.63) is 41.7 Å². The van der Waals surface area contributed by atoms with Crippen LogP contribution in [0.4, 0.5) is 0 Å². The lowest BCUT2D eigenvalue weighted by molar-refractivity contribution is 0.207. The molecule has 0 atom stereocenters. The van der Waals surface area contributed by atoms with E-state index in [1.165, 1.54) is 5.56 Å². The molecule has 0 saturated carbocycles. The van der Waals surface area contributed by atoms with Crippen LogP contribution in [0.2, 0.25) is 0 Å².